The van der Waals surface area contributed by atoms with E-state index in [-0.39, 0.29) is 12.4 Å². The molecule has 1 amide bonds. The predicted molar refractivity (Wildman–Crippen MR) is 143 cm³/mol. The van der Waals surface area contributed by atoms with Crippen molar-refractivity contribution in [3.05, 3.63) is 92.2 Å². The van der Waals surface area contributed by atoms with Crippen LogP contribution in [0.25, 0.3) is 10.9 Å². The summed E-state index contributed by atoms with van der Waals surface area (Å²) in [5, 5.41) is 15.5. The van der Waals surface area contributed by atoms with Crippen molar-refractivity contribution in [2.24, 2.45) is 5.10 Å². The number of fused-ring (bicyclic) bond motifs is 1. The second kappa shape index (κ2) is 9.33. The van der Waals surface area contributed by atoms with Gasteiger partial charge in [-0.3, -0.25) is 14.3 Å². The number of nitrogens with zero attached hydrogens (tertiary/aromatic N) is 6. The summed E-state index contributed by atoms with van der Waals surface area (Å²) in [6.07, 6.45) is 2.09. The van der Waals surface area contributed by atoms with E-state index in [2.05, 4.69) is 31.2 Å². The van der Waals surface area contributed by atoms with E-state index in [0.29, 0.717) is 23.0 Å². The molecular formula is C27H26BrFN6O2. The molecule has 190 valence electrons. The van der Waals surface area contributed by atoms with Gasteiger partial charge in [-0.15, -0.1) is 0 Å². The molecule has 1 aliphatic rings. The third-order valence-corrected chi connectivity index (χ3v) is 6.91. The van der Waals surface area contributed by atoms with Gasteiger partial charge in [0.2, 0.25) is 0 Å². The molecule has 0 aliphatic carbocycles. The first-order valence-electron chi connectivity index (χ1n) is 11.9. The summed E-state index contributed by atoms with van der Waals surface area (Å²) in [6, 6.07) is 13.3. The van der Waals surface area contributed by atoms with E-state index in [0.717, 1.165) is 21.3 Å². The fraction of sp³-hybridized carbons (Fsp3) is 0.296. The van der Waals surface area contributed by atoms with Crippen LogP contribution in [0, 0.1) is 12.7 Å². The maximum atomic E-state index is 13.6. The van der Waals surface area contributed by atoms with Crippen LogP contribution >= 0.6 is 15.9 Å². The molecule has 0 saturated heterocycles. The Morgan fingerprint density at radius 2 is 1.78 bits per heavy atom. The average molecular weight is 565 g/mol. The summed E-state index contributed by atoms with van der Waals surface area (Å²) in [5.41, 5.74) is 2.56. The lowest BCUT2D eigenvalue weighted by atomic mass is 9.98. The maximum Gasteiger partial charge on any atom is 0.293 e. The smallest absolute Gasteiger partial charge is 0.271 e. The molecule has 37 heavy (non-hydrogen) atoms. The molecule has 1 atom stereocenters. The number of hydrogen-bond acceptors (Lipinski definition) is 5. The van der Waals surface area contributed by atoms with E-state index in [1.165, 1.54) is 21.8 Å². The molecule has 2 aromatic carbocycles. The lowest BCUT2D eigenvalue weighted by Gasteiger charge is -2.23. The van der Waals surface area contributed by atoms with Gasteiger partial charge in [0.05, 0.1) is 29.2 Å². The van der Waals surface area contributed by atoms with E-state index in [1.54, 1.807) is 29.9 Å². The zero-order valence-electron chi connectivity index (χ0n) is 20.9. The van der Waals surface area contributed by atoms with Gasteiger partial charge < -0.3 is 0 Å². The van der Waals surface area contributed by atoms with Crippen LogP contribution in [-0.2, 0) is 16.9 Å². The summed E-state index contributed by atoms with van der Waals surface area (Å²) in [6.45, 7) is 7.37. The minimum atomic E-state index is -0.438. The van der Waals surface area contributed by atoms with Crippen LogP contribution < -0.4 is 5.56 Å². The molecular weight excluding hydrogens is 539 g/mol. The SMILES string of the molecule is Cc1nn(CC(=O)N2N=C(c3ccc(Br)cc3)CC2c2ccc(F)cc2)c(=O)c2c1cnn2C(C)(C)C. The Kier molecular flexibility index (Phi) is 6.31. The zero-order valence-corrected chi connectivity index (χ0v) is 22.5. The number of amides is 1. The van der Waals surface area contributed by atoms with Gasteiger partial charge in [0.25, 0.3) is 11.5 Å². The second-order valence-electron chi connectivity index (χ2n) is 10.1. The van der Waals surface area contributed by atoms with Gasteiger partial charge in [-0.2, -0.15) is 15.3 Å². The van der Waals surface area contributed by atoms with Crippen molar-refractivity contribution in [2.45, 2.75) is 52.2 Å². The third-order valence-electron chi connectivity index (χ3n) is 6.39. The molecule has 8 nitrogen and oxygen atoms in total. The van der Waals surface area contributed by atoms with Crippen molar-refractivity contribution in [3.8, 4) is 0 Å². The average Bonchev–Trinajstić information content (AvgIpc) is 3.49. The van der Waals surface area contributed by atoms with E-state index >= 15 is 0 Å². The van der Waals surface area contributed by atoms with Gasteiger partial charge in [-0.25, -0.2) is 14.1 Å². The summed E-state index contributed by atoms with van der Waals surface area (Å²) < 4.78 is 17.4. The molecule has 2 aromatic heterocycles. The molecule has 1 aliphatic heterocycles. The van der Waals surface area contributed by atoms with Crippen LogP contribution in [0.2, 0.25) is 0 Å². The van der Waals surface area contributed by atoms with E-state index in [4.69, 9.17) is 0 Å². The number of benzene rings is 2. The summed E-state index contributed by atoms with van der Waals surface area (Å²) in [4.78, 5) is 27.1. The number of halogens is 2. The molecule has 10 heteroatoms. The van der Waals surface area contributed by atoms with Crippen LogP contribution in [0.1, 0.15) is 50.1 Å². The minimum Gasteiger partial charge on any atom is -0.271 e. The van der Waals surface area contributed by atoms with Gasteiger partial charge in [0.15, 0.2) is 0 Å². The van der Waals surface area contributed by atoms with Gasteiger partial charge in [-0.1, -0.05) is 40.2 Å². The maximum absolute atomic E-state index is 13.6. The molecule has 5 rings (SSSR count). The highest BCUT2D eigenvalue weighted by Gasteiger charge is 2.34. The number of carbonyl (C=O) groups excluding carboxylic acids is 1. The number of hydrogen-bond donors (Lipinski definition) is 0. The number of rotatable bonds is 4. The Hall–Kier alpha value is -3.66. The minimum absolute atomic E-state index is 0.292. The Labute approximate surface area is 221 Å². The summed E-state index contributed by atoms with van der Waals surface area (Å²) in [5.74, 6) is -0.750. The third kappa shape index (κ3) is 4.73. The molecule has 0 saturated carbocycles. The highest BCUT2D eigenvalue weighted by atomic mass is 79.9. The molecule has 0 radical (unpaired) electrons. The Morgan fingerprint density at radius 1 is 1.11 bits per heavy atom. The van der Waals surface area contributed by atoms with E-state index < -0.39 is 23.0 Å². The van der Waals surface area contributed by atoms with Crippen LogP contribution in [0.3, 0.4) is 0 Å². The number of aryl methyl sites for hydroxylation is 1. The number of carbonyl (C=O) groups is 1. The van der Waals surface area contributed by atoms with Crippen molar-refractivity contribution >= 4 is 38.5 Å². The molecule has 0 spiro atoms. The van der Waals surface area contributed by atoms with E-state index in [1.807, 2.05) is 45.0 Å². The van der Waals surface area contributed by atoms with Crippen molar-refractivity contribution in [1.29, 1.82) is 0 Å². The van der Waals surface area contributed by atoms with Crippen molar-refractivity contribution in [2.75, 3.05) is 0 Å². The first-order chi connectivity index (χ1) is 17.5. The number of hydrazone groups is 1. The Bertz CT molecular complexity index is 1580. The van der Waals surface area contributed by atoms with Crippen LogP contribution in [0.5, 0.6) is 0 Å². The summed E-state index contributed by atoms with van der Waals surface area (Å²) >= 11 is 3.44. The Balaban J connectivity index is 1.54. The van der Waals surface area contributed by atoms with Gasteiger partial charge in [0, 0.05) is 16.3 Å². The first-order valence-corrected chi connectivity index (χ1v) is 12.7. The lowest BCUT2D eigenvalue weighted by molar-refractivity contribution is -0.133. The molecule has 0 N–H and O–H groups in total. The largest absolute Gasteiger partial charge is 0.293 e. The van der Waals surface area contributed by atoms with Crippen molar-refractivity contribution < 1.29 is 9.18 Å². The fourth-order valence-corrected chi connectivity index (χ4v) is 4.80. The van der Waals surface area contributed by atoms with Crippen LogP contribution in [-0.4, -0.2) is 36.2 Å². The van der Waals surface area contributed by atoms with Crippen LogP contribution in [0.15, 0.2) is 69.1 Å². The first kappa shape index (κ1) is 25.0. The normalized spacial score (nSPS) is 15.9. The molecule has 0 fully saturated rings. The topological polar surface area (TPSA) is 85.4 Å². The van der Waals surface area contributed by atoms with Gasteiger partial charge in [-0.05, 0) is 63.1 Å². The van der Waals surface area contributed by atoms with Crippen molar-refractivity contribution in [1.82, 2.24) is 24.6 Å². The standard InChI is InChI=1S/C27H26BrFN6O2/c1-16-21-14-30-35(27(2,3)4)25(21)26(37)33(31-16)15-24(36)34-23(18-7-11-20(29)12-8-18)13-22(32-34)17-5-9-19(28)10-6-17/h5-12,14,23H,13,15H2,1-4H3. The van der Waals surface area contributed by atoms with Gasteiger partial charge in [0.1, 0.15) is 17.9 Å². The molecule has 3 heterocycles. The van der Waals surface area contributed by atoms with Gasteiger partial charge >= 0.3 is 0 Å². The van der Waals surface area contributed by atoms with E-state index in [9.17, 15) is 14.0 Å². The highest BCUT2D eigenvalue weighted by Crippen LogP contribution is 2.33. The van der Waals surface area contributed by atoms with Crippen LogP contribution in [0.4, 0.5) is 4.39 Å². The van der Waals surface area contributed by atoms with Crippen molar-refractivity contribution in [3.63, 3.8) is 0 Å². The fourth-order valence-electron chi connectivity index (χ4n) is 4.54. The monoisotopic (exact) mass is 564 g/mol. The Morgan fingerprint density at radius 3 is 2.43 bits per heavy atom. The predicted octanol–water partition coefficient (Wildman–Crippen LogP) is 4.94. The summed E-state index contributed by atoms with van der Waals surface area (Å²) in [7, 11) is 0. The number of aromatic nitrogens is 4. The molecule has 4 aromatic rings. The molecule has 0 bridgehead atoms. The quantitative estimate of drug-likeness (QED) is 0.351. The zero-order chi connectivity index (χ0) is 26.5. The molecule has 1 unspecified atom stereocenters. The lowest BCUT2D eigenvalue weighted by Crippen LogP contribution is -2.36. The second-order valence-corrected chi connectivity index (χ2v) is 11.0. The highest BCUT2D eigenvalue weighted by molar-refractivity contribution is 9.10.